The molecule has 4 rings (SSSR count). The van der Waals surface area contributed by atoms with E-state index >= 15 is 0 Å². The second-order valence-corrected chi connectivity index (χ2v) is 6.61. The van der Waals surface area contributed by atoms with Gasteiger partial charge in [-0.3, -0.25) is 0 Å². The molecule has 0 aliphatic carbocycles. The number of hydrogen-bond acceptors (Lipinski definition) is 3. The number of halogens is 2. The SMILES string of the molecule is Clc1ccc(-c2ccc(-c3cncnc3)nc2-c2ccc(Cl)cc2)cc1. The third kappa shape index (κ3) is 3.45. The van der Waals surface area contributed by atoms with Gasteiger partial charge in [-0.05, 0) is 35.9 Å². The van der Waals surface area contributed by atoms with Gasteiger partial charge in [0.25, 0.3) is 0 Å². The first kappa shape index (κ1) is 16.7. The maximum atomic E-state index is 6.05. The van der Waals surface area contributed by atoms with Crippen LogP contribution in [0.4, 0.5) is 0 Å². The van der Waals surface area contributed by atoms with Gasteiger partial charge in [-0.1, -0.05) is 53.5 Å². The highest BCUT2D eigenvalue weighted by molar-refractivity contribution is 6.31. The van der Waals surface area contributed by atoms with Gasteiger partial charge in [-0.15, -0.1) is 0 Å². The molecule has 3 nitrogen and oxygen atoms in total. The summed E-state index contributed by atoms with van der Waals surface area (Å²) in [6.07, 6.45) is 5.01. The van der Waals surface area contributed by atoms with Crippen LogP contribution in [0.2, 0.25) is 10.0 Å². The third-order valence-corrected chi connectivity index (χ3v) is 4.53. The smallest absolute Gasteiger partial charge is 0.115 e. The molecule has 0 aliphatic rings. The fraction of sp³-hybridized carbons (Fsp3) is 0. The zero-order valence-corrected chi connectivity index (χ0v) is 15.1. The zero-order valence-electron chi connectivity index (χ0n) is 13.6. The third-order valence-electron chi connectivity index (χ3n) is 4.02. The number of pyridine rings is 1. The highest BCUT2D eigenvalue weighted by Crippen LogP contribution is 2.33. The average molecular weight is 378 g/mol. The number of nitrogens with zero attached hydrogens (tertiary/aromatic N) is 3. The lowest BCUT2D eigenvalue weighted by molar-refractivity contribution is 1.16. The summed E-state index contributed by atoms with van der Waals surface area (Å²) in [7, 11) is 0. The van der Waals surface area contributed by atoms with Gasteiger partial charge in [0.2, 0.25) is 0 Å². The van der Waals surface area contributed by atoms with Gasteiger partial charge in [-0.25, -0.2) is 15.0 Å². The molecule has 0 aliphatic heterocycles. The van der Waals surface area contributed by atoms with Crippen LogP contribution in [0, 0.1) is 0 Å². The van der Waals surface area contributed by atoms with E-state index in [9.17, 15) is 0 Å². The van der Waals surface area contributed by atoms with Crippen LogP contribution in [0.1, 0.15) is 0 Å². The minimum atomic E-state index is 0.689. The lowest BCUT2D eigenvalue weighted by atomic mass is 9.98. The summed E-state index contributed by atoms with van der Waals surface area (Å²) in [5.74, 6) is 0. The maximum absolute atomic E-state index is 6.05. The Morgan fingerprint density at radius 3 is 1.77 bits per heavy atom. The first-order chi connectivity index (χ1) is 12.7. The second kappa shape index (κ2) is 7.24. The molecule has 0 amide bonds. The monoisotopic (exact) mass is 377 g/mol. The van der Waals surface area contributed by atoms with Crippen LogP contribution in [-0.4, -0.2) is 15.0 Å². The highest BCUT2D eigenvalue weighted by Gasteiger charge is 2.12. The topological polar surface area (TPSA) is 38.7 Å². The van der Waals surface area contributed by atoms with Gasteiger partial charge >= 0.3 is 0 Å². The van der Waals surface area contributed by atoms with Crippen molar-refractivity contribution in [2.45, 2.75) is 0 Å². The van der Waals surface area contributed by atoms with E-state index in [0.29, 0.717) is 10.0 Å². The van der Waals surface area contributed by atoms with Gasteiger partial charge in [0.05, 0.1) is 11.4 Å². The Morgan fingerprint density at radius 2 is 1.15 bits per heavy atom. The molecule has 0 atom stereocenters. The summed E-state index contributed by atoms with van der Waals surface area (Å²) >= 11 is 12.1. The predicted molar refractivity (Wildman–Crippen MR) is 106 cm³/mol. The summed E-state index contributed by atoms with van der Waals surface area (Å²) in [6, 6.07) is 19.4. The van der Waals surface area contributed by atoms with Gasteiger partial charge in [-0.2, -0.15) is 0 Å². The number of aromatic nitrogens is 3. The normalized spacial score (nSPS) is 10.7. The number of rotatable bonds is 3. The van der Waals surface area contributed by atoms with Crippen molar-refractivity contribution < 1.29 is 0 Å². The molecule has 126 valence electrons. The molecule has 0 fully saturated rings. The summed E-state index contributed by atoms with van der Waals surface area (Å²) in [4.78, 5) is 13.0. The van der Waals surface area contributed by atoms with Crippen molar-refractivity contribution in [3.05, 3.63) is 89.4 Å². The molecule has 0 saturated heterocycles. The molecule has 26 heavy (non-hydrogen) atoms. The van der Waals surface area contributed by atoms with E-state index < -0.39 is 0 Å². The van der Waals surface area contributed by atoms with Crippen LogP contribution < -0.4 is 0 Å². The average Bonchev–Trinajstić information content (AvgIpc) is 2.70. The number of hydrogen-bond donors (Lipinski definition) is 0. The van der Waals surface area contributed by atoms with Crippen LogP contribution in [-0.2, 0) is 0 Å². The van der Waals surface area contributed by atoms with E-state index in [1.165, 1.54) is 6.33 Å². The van der Waals surface area contributed by atoms with E-state index in [1.807, 2.05) is 54.6 Å². The minimum Gasteiger partial charge on any atom is -0.247 e. The quantitative estimate of drug-likeness (QED) is 0.427. The molecule has 2 heterocycles. The molecule has 0 radical (unpaired) electrons. The van der Waals surface area contributed by atoms with Crippen LogP contribution in [0.3, 0.4) is 0 Å². The molecule has 4 aromatic rings. The second-order valence-electron chi connectivity index (χ2n) is 5.73. The van der Waals surface area contributed by atoms with Gasteiger partial charge < -0.3 is 0 Å². The Hall–Kier alpha value is -2.75. The summed E-state index contributed by atoms with van der Waals surface area (Å²) in [5, 5.41) is 1.39. The Morgan fingerprint density at radius 1 is 0.577 bits per heavy atom. The van der Waals surface area contributed by atoms with E-state index in [4.69, 9.17) is 28.2 Å². The summed E-state index contributed by atoms with van der Waals surface area (Å²) in [5.41, 5.74) is 5.59. The van der Waals surface area contributed by atoms with Crippen molar-refractivity contribution in [3.8, 4) is 33.6 Å². The molecule has 0 spiro atoms. The molecule has 0 saturated carbocycles. The van der Waals surface area contributed by atoms with Gasteiger partial charge in [0.1, 0.15) is 6.33 Å². The fourth-order valence-electron chi connectivity index (χ4n) is 2.74. The van der Waals surface area contributed by atoms with Crippen LogP contribution in [0.15, 0.2) is 79.4 Å². The van der Waals surface area contributed by atoms with Crippen molar-refractivity contribution >= 4 is 23.2 Å². The summed E-state index contributed by atoms with van der Waals surface area (Å²) < 4.78 is 0. The van der Waals surface area contributed by atoms with Crippen LogP contribution >= 0.6 is 23.2 Å². The zero-order chi connectivity index (χ0) is 17.9. The van der Waals surface area contributed by atoms with Crippen molar-refractivity contribution in [2.75, 3.05) is 0 Å². The first-order valence-corrected chi connectivity index (χ1v) is 8.74. The lowest BCUT2D eigenvalue weighted by Crippen LogP contribution is -1.93. The first-order valence-electron chi connectivity index (χ1n) is 7.99. The number of benzene rings is 2. The predicted octanol–water partition coefficient (Wildman–Crippen LogP) is 6.18. The molecule has 0 N–H and O–H groups in total. The van der Waals surface area contributed by atoms with Crippen molar-refractivity contribution in [1.82, 2.24) is 15.0 Å². The van der Waals surface area contributed by atoms with E-state index in [2.05, 4.69) is 16.0 Å². The van der Waals surface area contributed by atoms with Crippen molar-refractivity contribution in [3.63, 3.8) is 0 Å². The van der Waals surface area contributed by atoms with Crippen molar-refractivity contribution in [2.24, 2.45) is 0 Å². The Bertz CT molecular complexity index is 1030. The largest absolute Gasteiger partial charge is 0.247 e. The minimum absolute atomic E-state index is 0.689. The molecule has 0 bridgehead atoms. The summed E-state index contributed by atoms with van der Waals surface area (Å²) in [6.45, 7) is 0. The van der Waals surface area contributed by atoms with Crippen molar-refractivity contribution in [1.29, 1.82) is 0 Å². The van der Waals surface area contributed by atoms with E-state index in [1.54, 1.807) is 12.4 Å². The maximum Gasteiger partial charge on any atom is 0.115 e. The molecular weight excluding hydrogens is 365 g/mol. The molecule has 2 aromatic heterocycles. The van der Waals surface area contributed by atoms with E-state index in [-0.39, 0.29) is 0 Å². The van der Waals surface area contributed by atoms with Gasteiger partial charge in [0.15, 0.2) is 0 Å². The lowest BCUT2D eigenvalue weighted by Gasteiger charge is -2.12. The van der Waals surface area contributed by atoms with Gasteiger partial charge in [0, 0.05) is 39.1 Å². The highest BCUT2D eigenvalue weighted by atomic mass is 35.5. The molecule has 0 unspecified atom stereocenters. The Balaban J connectivity index is 1.90. The molecule has 5 heteroatoms. The van der Waals surface area contributed by atoms with Crippen LogP contribution in [0.25, 0.3) is 33.6 Å². The Kier molecular flexibility index (Phi) is 4.65. The van der Waals surface area contributed by atoms with E-state index in [0.717, 1.165) is 33.6 Å². The fourth-order valence-corrected chi connectivity index (χ4v) is 2.99. The van der Waals surface area contributed by atoms with Crippen LogP contribution in [0.5, 0.6) is 0 Å². The standard InChI is InChI=1S/C21H13Cl2N3/c22-17-5-1-14(2-6-17)19-9-10-20(16-11-24-13-25-12-16)26-21(19)15-3-7-18(23)8-4-15/h1-13H. The molecular formula is C21H13Cl2N3. The molecule has 2 aromatic carbocycles. The Labute approximate surface area is 161 Å².